The van der Waals surface area contributed by atoms with Crippen LogP contribution in [0.25, 0.3) is 0 Å². The standard InChI is InChI=1S/C33H48N2O/c1-3-4-5-6-7-8-9-10-11-12-13-14-15-20-25-35-27-33(29-22-17-19-24-31(29)35)26-28-21-16-18-23-30(28)34(2)32(33)36/h16-19,21-24H,3-15,20,25-27H2,1-2H3. The fourth-order valence-electron chi connectivity index (χ4n) is 6.50. The quantitative estimate of drug-likeness (QED) is 0.235. The molecule has 0 aliphatic carbocycles. The molecule has 0 radical (unpaired) electrons. The maximum atomic E-state index is 13.7. The summed E-state index contributed by atoms with van der Waals surface area (Å²) in [4.78, 5) is 18.1. The molecule has 2 aliphatic heterocycles. The van der Waals surface area contributed by atoms with Gasteiger partial charge in [-0.2, -0.15) is 0 Å². The highest BCUT2D eigenvalue weighted by Gasteiger charge is 2.52. The van der Waals surface area contributed by atoms with Gasteiger partial charge in [-0.25, -0.2) is 0 Å². The number of hydrogen-bond acceptors (Lipinski definition) is 2. The zero-order valence-corrected chi connectivity index (χ0v) is 22.9. The number of amides is 1. The third-order valence-corrected chi connectivity index (χ3v) is 8.56. The van der Waals surface area contributed by atoms with Crippen LogP contribution >= 0.6 is 0 Å². The molecule has 1 unspecified atom stereocenters. The predicted molar refractivity (Wildman–Crippen MR) is 154 cm³/mol. The lowest BCUT2D eigenvalue weighted by atomic mass is 9.73. The molecule has 1 spiro atoms. The van der Waals surface area contributed by atoms with Crippen molar-refractivity contribution in [3.05, 3.63) is 59.7 Å². The minimum atomic E-state index is -0.449. The molecule has 36 heavy (non-hydrogen) atoms. The summed E-state index contributed by atoms with van der Waals surface area (Å²) in [5.41, 5.74) is 4.40. The van der Waals surface area contributed by atoms with E-state index in [2.05, 4.69) is 54.3 Å². The Balaban J connectivity index is 1.19. The summed E-state index contributed by atoms with van der Waals surface area (Å²) in [6.07, 6.45) is 20.2. The van der Waals surface area contributed by atoms with Gasteiger partial charge in [0.25, 0.3) is 0 Å². The highest BCUT2D eigenvalue weighted by molar-refractivity contribution is 6.06. The first kappa shape index (κ1) is 26.8. The van der Waals surface area contributed by atoms with E-state index in [1.807, 2.05) is 18.0 Å². The lowest BCUT2D eigenvalue weighted by molar-refractivity contribution is -0.123. The SMILES string of the molecule is CCCCCCCCCCCCCCCCN1CC2(Cc3ccccc3N(C)C2=O)c2ccccc21. The molecule has 0 N–H and O–H groups in total. The van der Waals surface area contributed by atoms with Crippen LogP contribution in [0.2, 0.25) is 0 Å². The molecule has 0 saturated carbocycles. The molecule has 0 saturated heterocycles. The number of fused-ring (bicyclic) bond motifs is 3. The second-order valence-corrected chi connectivity index (χ2v) is 11.3. The van der Waals surface area contributed by atoms with E-state index in [0.717, 1.165) is 25.2 Å². The smallest absolute Gasteiger partial charge is 0.239 e. The van der Waals surface area contributed by atoms with Gasteiger partial charge in [0.1, 0.15) is 0 Å². The molecule has 1 amide bonds. The third-order valence-electron chi connectivity index (χ3n) is 8.56. The van der Waals surface area contributed by atoms with Crippen molar-refractivity contribution in [1.82, 2.24) is 0 Å². The summed E-state index contributed by atoms with van der Waals surface area (Å²) in [6.45, 7) is 4.15. The van der Waals surface area contributed by atoms with E-state index >= 15 is 0 Å². The van der Waals surface area contributed by atoms with Gasteiger partial charge in [-0.15, -0.1) is 0 Å². The van der Waals surface area contributed by atoms with Crippen LogP contribution < -0.4 is 9.80 Å². The molecule has 2 aromatic carbocycles. The van der Waals surface area contributed by atoms with Crippen LogP contribution in [0.3, 0.4) is 0 Å². The average Bonchev–Trinajstić information content (AvgIpc) is 3.21. The highest BCUT2D eigenvalue weighted by Crippen LogP contribution is 2.48. The number of likely N-dealkylation sites (N-methyl/N-ethyl adjacent to an activating group) is 1. The molecule has 2 heterocycles. The molecule has 196 valence electrons. The lowest BCUT2D eigenvalue weighted by Gasteiger charge is -2.39. The normalized spacial score (nSPS) is 18.7. The van der Waals surface area contributed by atoms with Crippen LogP contribution in [0.5, 0.6) is 0 Å². The Morgan fingerprint density at radius 2 is 1.22 bits per heavy atom. The zero-order valence-electron chi connectivity index (χ0n) is 22.9. The summed E-state index contributed by atoms with van der Waals surface area (Å²) in [7, 11) is 1.95. The van der Waals surface area contributed by atoms with Gasteiger partial charge in [0.2, 0.25) is 5.91 Å². The fraction of sp³-hybridized carbons (Fsp3) is 0.606. The van der Waals surface area contributed by atoms with E-state index in [1.165, 1.54) is 107 Å². The highest BCUT2D eigenvalue weighted by atomic mass is 16.2. The van der Waals surface area contributed by atoms with Gasteiger partial charge in [-0.3, -0.25) is 4.79 Å². The maximum absolute atomic E-state index is 13.7. The summed E-state index contributed by atoms with van der Waals surface area (Å²) in [6, 6.07) is 17.0. The number of rotatable bonds is 15. The Kier molecular flexibility index (Phi) is 9.90. The van der Waals surface area contributed by atoms with Crippen LogP contribution in [-0.4, -0.2) is 26.0 Å². The van der Waals surface area contributed by atoms with Gasteiger partial charge < -0.3 is 9.80 Å². The van der Waals surface area contributed by atoms with Crippen molar-refractivity contribution in [1.29, 1.82) is 0 Å². The number of carbonyl (C=O) groups excluding carboxylic acids is 1. The van der Waals surface area contributed by atoms with E-state index in [-0.39, 0.29) is 5.91 Å². The maximum Gasteiger partial charge on any atom is 0.239 e. The summed E-state index contributed by atoms with van der Waals surface area (Å²) in [5.74, 6) is 0.247. The minimum absolute atomic E-state index is 0.247. The summed E-state index contributed by atoms with van der Waals surface area (Å²) < 4.78 is 0. The molecular weight excluding hydrogens is 440 g/mol. The number of hydrogen-bond donors (Lipinski definition) is 0. The van der Waals surface area contributed by atoms with Gasteiger partial charge in [-0.05, 0) is 36.1 Å². The second kappa shape index (κ2) is 13.3. The molecule has 0 bridgehead atoms. The van der Waals surface area contributed by atoms with Crippen molar-refractivity contribution in [2.75, 3.05) is 29.9 Å². The molecule has 0 fully saturated rings. The van der Waals surface area contributed by atoms with Crippen molar-refractivity contribution in [3.8, 4) is 0 Å². The molecular formula is C33H48N2O. The molecule has 3 nitrogen and oxygen atoms in total. The van der Waals surface area contributed by atoms with Crippen molar-refractivity contribution >= 4 is 17.3 Å². The van der Waals surface area contributed by atoms with Gasteiger partial charge in [-0.1, -0.05) is 127 Å². The Morgan fingerprint density at radius 3 is 1.86 bits per heavy atom. The third kappa shape index (κ3) is 6.15. The monoisotopic (exact) mass is 488 g/mol. The Labute approximate surface area is 220 Å². The van der Waals surface area contributed by atoms with Crippen LogP contribution in [0.4, 0.5) is 11.4 Å². The molecule has 1 atom stereocenters. The minimum Gasteiger partial charge on any atom is -0.370 e. The molecule has 2 aromatic rings. The largest absolute Gasteiger partial charge is 0.370 e. The van der Waals surface area contributed by atoms with Crippen molar-refractivity contribution < 1.29 is 4.79 Å². The molecule has 3 heteroatoms. The van der Waals surface area contributed by atoms with Crippen LogP contribution in [0.15, 0.2) is 48.5 Å². The number of para-hydroxylation sites is 2. The fourth-order valence-corrected chi connectivity index (χ4v) is 6.50. The van der Waals surface area contributed by atoms with Crippen LogP contribution in [-0.2, 0) is 16.6 Å². The summed E-state index contributed by atoms with van der Waals surface area (Å²) in [5, 5.41) is 0. The van der Waals surface area contributed by atoms with Crippen LogP contribution in [0.1, 0.15) is 108 Å². The van der Waals surface area contributed by atoms with Crippen LogP contribution in [0, 0.1) is 0 Å². The van der Waals surface area contributed by atoms with Crippen molar-refractivity contribution in [3.63, 3.8) is 0 Å². The first-order chi connectivity index (χ1) is 17.7. The van der Waals surface area contributed by atoms with E-state index in [4.69, 9.17) is 0 Å². The predicted octanol–water partition coefficient (Wildman–Crippen LogP) is 8.44. The first-order valence-corrected chi connectivity index (χ1v) is 14.9. The topological polar surface area (TPSA) is 23.6 Å². The molecule has 0 aromatic heterocycles. The molecule has 2 aliphatic rings. The molecule has 4 rings (SSSR count). The van der Waals surface area contributed by atoms with Gasteiger partial charge in [0, 0.05) is 31.5 Å². The lowest BCUT2D eigenvalue weighted by Crippen LogP contribution is -2.53. The number of benzene rings is 2. The van der Waals surface area contributed by atoms with E-state index in [0.29, 0.717) is 0 Å². The Morgan fingerprint density at radius 1 is 0.694 bits per heavy atom. The Hall–Kier alpha value is -2.29. The van der Waals surface area contributed by atoms with E-state index in [9.17, 15) is 4.79 Å². The Bertz CT molecular complexity index is 970. The number of unbranched alkanes of at least 4 members (excludes halogenated alkanes) is 13. The number of nitrogens with zero attached hydrogens (tertiary/aromatic N) is 2. The first-order valence-electron chi connectivity index (χ1n) is 14.9. The van der Waals surface area contributed by atoms with Gasteiger partial charge in [0.05, 0.1) is 5.41 Å². The van der Waals surface area contributed by atoms with E-state index < -0.39 is 5.41 Å². The summed E-state index contributed by atoms with van der Waals surface area (Å²) >= 11 is 0. The average molecular weight is 489 g/mol. The van der Waals surface area contributed by atoms with Gasteiger partial charge >= 0.3 is 0 Å². The number of carbonyl (C=O) groups is 1. The van der Waals surface area contributed by atoms with Crippen molar-refractivity contribution in [2.45, 2.75) is 109 Å². The van der Waals surface area contributed by atoms with Crippen molar-refractivity contribution in [2.24, 2.45) is 0 Å². The van der Waals surface area contributed by atoms with Gasteiger partial charge in [0.15, 0.2) is 0 Å². The zero-order chi connectivity index (χ0) is 25.2. The second-order valence-electron chi connectivity index (χ2n) is 11.3. The number of anilines is 2. The van der Waals surface area contributed by atoms with E-state index in [1.54, 1.807) is 0 Å².